The number of nitrogens with one attached hydrogen (secondary N) is 1. The third-order valence-electron chi connectivity index (χ3n) is 4.79. The van der Waals surface area contributed by atoms with Crippen LogP contribution in [0.1, 0.15) is 36.0 Å². The van der Waals surface area contributed by atoms with Crippen LogP contribution in [0.25, 0.3) is 11.3 Å². The number of carbonyl (C=O) groups is 1. The molecule has 0 atom stereocenters. The van der Waals surface area contributed by atoms with Crippen LogP contribution in [-0.4, -0.2) is 26.8 Å². The first-order valence-electron chi connectivity index (χ1n) is 9.32. The standard InChI is InChI=1S/C21H21ClN4O2/c1-26-13-17(20(25-26)14-5-4-10-23-12-14)21(27)24-15-8-9-19(18(22)11-15)28-16-6-2-3-7-16/h4-5,8-13,16H,2-3,6-7H2,1H3,(H,24,27). The van der Waals surface area contributed by atoms with Gasteiger partial charge in [-0.15, -0.1) is 0 Å². The minimum Gasteiger partial charge on any atom is -0.489 e. The minimum absolute atomic E-state index is 0.232. The summed E-state index contributed by atoms with van der Waals surface area (Å²) in [5, 5.41) is 7.78. The van der Waals surface area contributed by atoms with Crippen LogP contribution in [0.15, 0.2) is 48.9 Å². The Balaban J connectivity index is 1.52. The molecular weight excluding hydrogens is 376 g/mol. The van der Waals surface area contributed by atoms with Gasteiger partial charge in [-0.1, -0.05) is 11.6 Å². The predicted octanol–water partition coefficient (Wildman–Crippen LogP) is 4.71. The van der Waals surface area contributed by atoms with Crippen molar-refractivity contribution in [2.24, 2.45) is 7.05 Å². The fourth-order valence-electron chi connectivity index (χ4n) is 3.43. The molecule has 1 amide bonds. The Hall–Kier alpha value is -2.86. The molecular formula is C21H21ClN4O2. The monoisotopic (exact) mass is 396 g/mol. The average molecular weight is 397 g/mol. The van der Waals surface area contributed by atoms with Crippen LogP contribution in [0.4, 0.5) is 5.69 Å². The normalized spacial score (nSPS) is 14.2. The number of pyridine rings is 1. The van der Waals surface area contributed by atoms with Crippen LogP contribution in [0.5, 0.6) is 5.75 Å². The highest BCUT2D eigenvalue weighted by atomic mass is 35.5. The summed E-state index contributed by atoms with van der Waals surface area (Å²) in [4.78, 5) is 16.9. The number of aromatic nitrogens is 3. The van der Waals surface area contributed by atoms with E-state index in [9.17, 15) is 4.79 Å². The van der Waals surface area contributed by atoms with Gasteiger partial charge in [-0.2, -0.15) is 5.10 Å². The summed E-state index contributed by atoms with van der Waals surface area (Å²) >= 11 is 6.37. The summed E-state index contributed by atoms with van der Waals surface area (Å²) < 4.78 is 7.58. The molecule has 6 nitrogen and oxygen atoms in total. The lowest BCUT2D eigenvalue weighted by molar-refractivity contribution is 0.102. The SMILES string of the molecule is Cn1cc(C(=O)Nc2ccc(OC3CCCC3)c(Cl)c2)c(-c2cccnc2)n1. The fraction of sp³-hybridized carbons (Fsp3) is 0.286. The number of hydrogen-bond donors (Lipinski definition) is 1. The Kier molecular flexibility index (Phi) is 5.30. The molecule has 1 N–H and O–H groups in total. The second-order valence-corrected chi connectivity index (χ2v) is 7.34. The van der Waals surface area contributed by atoms with Gasteiger partial charge in [0.05, 0.1) is 16.7 Å². The predicted molar refractivity (Wildman–Crippen MR) is 109 cm³/mol. The molecule has 0 saturated heterocycles. The molecule has 2 aromatic heterocycles. The molecule has 2 heterocycles. The van der Waals surface area contributed by atoms with Gasteiger partial charge in [-0.05, 0) is 56.0 Å². The highest BCUT2D eigenvalue weighted by Gasteiger charge is 2.20. The molecule has 0 radical (unpaired) electrons. The molecule has 1 saturated carbocycles. The van der Waals surface area contributed by atoms with Crippen molar-refractivity contribution < 1.29 is 9.53 Å². The molecule has 1 fully saturated rings. The fourth-order valence-corrected chi connectivity index (χ4v) is 3.65. The zero-order chi connectivity index (χ0) is 19.5. The lowest BCUT2D eigenvalue weighted by atomic mass is 10.1. The third-order valence-corrected chi connectivity index (χ3v) is 5.09. The zero-order valence-electron chi connectivity index (χ0n) is 15.6. The number of ether oxygens (including phenoxy) is 1. The molecule has 1 aromatic carbocycles. The van der Waals surface area contributed by atoms with E-state index in [1.54, 1.807) is 42.5 Å². The number of carbonyl (C=O) groups excluding carboxylic acids is 1. The maximum Gasteiger partial charge on any atom is 0.259 e. The topological polar surface area (TPSA) is 69.0 Å². The van der Waals surface area contributed by atoms with Crippen LogP contribution in [0.3, 0.4) is 0 Å². The lowest BCUT2D eigenvalue weighted by Crippen LogP contribution is -2.13. The number of nitrogens with zero attached hydrogens (tertiary/aromatic N) is 3. The number of aryl methyl sites for hydroxylation is 1. The van der Waals surface area contributed by atoms with Crippen molar-refractivity contribution in [3.63, 3.8) is 0 Å². The van der Waals surface area contributed by atoms with Crippen molar-refractivity contribution >= 4 is 23.2 Å². The summed E-state index contributed by atoms with van der Waals surface area (Å²) in [7, 11) is 1.78. The molecule has 1 aliphatic carbocycles. The molecule has 0 unspecified atom stereocenters. The van der Waals surface area contributed by atoms with Gasteiger partial charge in [0, 0.05) is 36.9 Å². The maximum atomic E-state index is 12.8. The van der Waals surface area contributed by atoms with Gasteiger partial charge in [0.2, 0.25) is 0 Å². The molecule has 0 spiro atoms. The highest BCUT2D eigenvalue weighted by molar-refractivity contribution is 6.32. The second kappa shape index (κ2) is 8.02. The van der Waals surface area contributed by atoms with E-state index in [0.29, 0.717) is 27.7 Å². The van der Waals surface area contributed by atoms with Crippen molar-refractivity contribution in [3.8, 4) is 17.0 Å². The second-order valence-electron chi connectivity index (χ2n) is 6.93. The van der Waals surface area contributed by atoms with Crippen molar-refractivity contribution in [2.75, 3.05) is 5.32 Å². The summed E-state index contributed by atoms with van der Waals surface area (Å²) in [6.07, 6.45) is 9.81. The molecule has 7 heteroatoms. The van der Waals surface area contributed by atoms with E-state index in [2.05, 4.69) is 15.4 Å². The number of hydrogen-bond acceptors (Lipinski definition) is 4. The van der Waals surface area contributed by atoms with E-state index in [4.69, 9.17) is 16.3 Å². The molecule has 1 aliphatic rings. The van der Waals surface area contributed by atoms with Crippen LogP contribution in [0, 0.1) is 0 Å². The molecule has 4 rings (SSSR count). The van der Waals surface area contributed by atoms with Gasteiger partial charge in [-0.25, -0.2) is 0 Å². The average Bonchev–Trinajstić information content (AvgIpc) is 3.34. The van der Waals surface area contributed by atoms with Gasteiger partial charge in [0.15, 0.2) is 0 Å². The van der Waals surface area contributed by atoms with E-state index < -0.39 is 0 Å². The summed E-state index contributed by atoms with van der Waals surface area (Å²) in [6.45, 7) is 0. The van der Waals surface area contributed by atoms with Crippen molar-refractivity contribution in [1.29, 1.82) is 0 Å². The van der Waals surface area contributed by atoms with Gasteiger partial charge >= 0.3 is 0 Å². The van der Waals surface area contributed by atoms with Gasteiger partial charge in [0.1, 0.15) is 11.4 Å². The minimum atomic E-state index is -0.257. The van der Waals surface area contributed by atoms with Gasteiger partial charge in [-0.3, -0.25) is 14.5 Å². The Morgan fingerprint density at radius 1 is 1.29 bits per heavy atom. The zero-order valence-corrected chi connectivity index (χ0v) is 16.3. The van der Waals surface area contributed by atoms with E-state index in [1.807, 2.05) is 18.2 Å². The molecule has 3 aromatic rings. The first-order chi connectivity index (χ1) is 13.6. The Bertz CT molecular complexity index is 981. The largest absolute Gasteiger partial charge is 0.489 e. The number of halogens is 1. The van der Waals surface area contributed by atoms with Gasteiger partial charge < -0.3 is 10.1 Å². The van der Waals surface area contributed by atoms with Crippen LogP contribution >= 0.6 is 11.6 Å². The van der Waals surface area contributed by atoms with E-state index in [1.165, 1.54) is 12.8 Å². The Morgan fingerprint density at radius 2 is 2.11 bits per heavy atom. The number of amides is 1. The smallest absolute Gasteiger partial charge is 0.259 e. The van der Waals surface area contributed by atoms with Crippen molar-refractivity contribution in [3.05, 3.63) is 59.5 Å². The summed E-state index contributed by atoms with van der Waals surface area (Å²) in [5.41, 5.74) is 2.44. The lowest BCUT2D eigenvalue weighted by Gasteiger charge is -2.15. The molecule has 28 heavy (non-hydrogen) atoms. The third kappa shape index (κ3) is 4.02. The Labute approximate surface area is 168 Å². The first-order valence-corrected chi connectivity index (χ1v) is 9.69. The number of anilines is 1. The van der Waals surface area contributed by atoms with E-state index in [-0.39, 0.29) is 12.0 Å². The first kappa shape index (κ1) is 18.5. The summed E-state index contributed by atoms with van der Waals surface area (Å²) in [6, 6.07) is 9.01. The van der Waals surface area contributed by atoms with E-state index in [0.717, 1.165) is 18.4 Å². The summed E-state index contributed by atoms with van der Waals surface area (Å²) in [5.74, 6) is 0.400. The molecule has 0 aliphatic heterocycles. The molecule has 0 bridgehead atoms. The van der Waals surface area contributed by atoms with Crippen LogP contribution < -0.4 is 10.1 Å². The molecule has 144 valence electrons. The quantitative estimate of drug-likeness (QED) is 0.678. The van der Waals surface area contributed by atoms with Crippen LogP contribution in [-0.2, 0) is 7.05 Å². The maximum absolute atomic E-state index is 12.8. The van der Waals surface area contributed by atoms with E-state index >= 15 is 0 Å². The number of rotatable bonds is 5. The Morgan fingerprint density at radius 3 is 2.82 bits per heavy atom. The van der Waals surface area contributed by atoms with Crippen molar-refractivity contribution in [1.82, 2.24) is 14.8 Å². The van der Waals surface area contributed by atoms with Crippen LogP contribution in [0.2, 0.25) is 5.02 Å². The van der Waals surface area contributed by atoms with Crippen molar-refractivity contribution in [2.45, 2.75) is 31.8 Å². The highest BCUT2D eigenvalue weighted by Crippen LogP contribution is 2.32. The number of benzene rings is 1. The van der Waals surface area contributed by atoms with Gasteiger partial charge in [0.25, 0.3) is 5.91 Å².